The van der Waals surface area contributed by atoms with Crippen LogP contribution in [0.3, 0.4) is 0 Å². The van der Waals surface area contributed by atoms with Crippen LogP contribution in [0.25, 0.3) is 0 Å². The number of carbonyl (C=O) groups is 2. The van der Waals surface area contributed by atoms with E-state index in [9.17, 15) is 9.59 Å². The summed E-state index contributed by atoms with van der Waals surface area (Å²) in [5, 5.41) is 3.47. The van der Waals surface area contributed by atoms with Crippen molar-refractivity contribution in [2.45, 2.75) is 18.3 Å². The van der Waals surface area contributed by atoms with Crippen molar-refractivity contribution in [3.63, 3.8) is 0 Å². The number of halogens is 1. The van der Waals surface area contributed by atoms with E-state index in [1.807, 2.05) is 60.4 Å². The minimum absolute atomic E-state index is 0.0781. The molecule has 0 bridgehead atoms. The van der Waals surface area contributed by atoms with Crippen molar-refractivity contribution in [2.24, 2.45) is 0 Å². The summed E-state index contributed by atoms with van der Waals surface area (Å²) >= 11 is 7.61. The van der Waals surface area contributed by atoms with Crippen LogP contribution in [0.2, 0.25) is 5.02 Å². The summed E-state index contributed by atoms with van der Waals surface area (Å²) in [6, 6.07) is 22.7. The minimum Gasteiger partial charge on any atom is -0.308 e. The van der Waals surface area contributed by atoms with Crippen molar-refractivity contribution in [1.82, 2.24) is 4.90 Å². The first-order valence-electron chi connectivity index (χ1n) is 10.4. The summed E-state index contributed by atoms with van der Waals surface area (Å²) in [7, 11) is 0. The normalized spacial score (nSPS) is 19.5. The van der Waals surface area contributed by atoms with Crippen LogP contribution in [0, 0.1) is 6.92 Å². The van der Waals surface area contributed by atoms with E-state index >= 15 is 0 Å². The first-order chi connectivity index (χ1) is 15.5. The molecule has 2 aliphatic heterocycles. The van der Waals surface area contributed by atoms with Gasteiger partial charge in [0.15, 0.2) is 4.87 Å². The molecule has 5 nitrogen and oxygen atoms in total. The van der Waals surface area contributed by atoms with Crippen molar-refractivity contribution in [3.8, 4) is 0 Å². The van der Waals surface area contributed by atoms with Crippen LogP contribution in [0.4, 0.5) is 16.2 Å². The Hall–Kier alpha value is -2.96. The van der Waals surface area contributed by atoms with Gasteiger partial charge in [0.2, 0.25) is 0 Å². The zero-order valence-electron chi connectivity index (χ0n) is 17.5. The maximum atomic E-state index is 14.0. The zero-order chi connectivity index (χ0) is 22.3. The quantitative estimate of drug-likeness (QED) is 0.547. The van der Waals surface area contributed by atoms with Gasteiger partial charge in [-0.15, -0.1) is 11.8 Å². The molecule has 1 fully saturated rings. The van der Waals surface area contributed by atoms with Gasteiger partial charge >= 0.3 is 6.03 Å². The zero-order valence-corrected chi connectivity index (χ0v) is 19.1. The highest BCUT2D eigenvalue weighted by Gasteiger charge is 2.59. The molecule has 32 heavy (non-hydrogen) atoms. The molecular formula is C25H22ClN3O2S. The highest BCUT2D eigenvalue weighted by atomic mass is 35.5. The second kappa shape index (κ2) is 8.19. The van der Waals surface area contributed by atoms with Crippen LogP contribution >= 0.6 is 23.4 Å². The number of rotatable bonds is 3. The lowest BCUT2D eigenvalue weighted by molar-refractivity contribution is -0.123. The Kier molecular flexibility index (Phi) is 5.35. The lowest BCUT2D eigenvalue weighted by Gasteiger charge is -2.33. The molecule has 0 saturated carbocycles. The van der Waals surface area contributed by atoms with Crippen LogP contribution in [-0.4, -0.2) is 29.1 Å². The molecule has 0 unspecified atom stereocenters. The minimum atomic E-state index is -1.07. The van der Waals surface area contributed by atoms with Gasteiger partial charge in [0, 0.05) is 28.6 Å². The van der Waals surface area contributed by atoms with E-state index in [0.717, 1.165) is 22.4 Å². The maximum Gasteiger partial charge on any atom is 0.323 e. The Morgan fingerprint density at radius 2 is 1.91 bits per heavy atom. The molecule has 1 saturated heterocycles. The van der Waals surface area contributed by atoms with Gasteiger partial charge in [0.05, 0.1) is 12.2 Å². The predicted molar refractivity (Wildman–Crippen MR) is 130 cm³/mol. The number of fused-ring (bicyclic) bond motifs is 2. The molecule has 1 N–H and O–H groups in total. The summed E-state index contributed by atoms with van der Waals surface area (Å²) in [4.78, 5) is 29.8. The Labute approximate surface area is 196 Å². The summed E-state index contributed by atoms with van der Waals surface area (Å²) in [6.07, 6.45) is 0. The highest BCUT2D eigenvalue weighted by molar-refractivity contribution is 8.01. The summed E-state index contributed by atoms with van der Waals surface area (Å²) in [5.41, 5.74) is 4.44. The van der Waals surface area contributed by atoms with E-state index in [1.165, 1.54) is 11.8 Å². The number of anilines is 2. The molecule has 3 amide bonds. The fourth-order valence-electron chi connectivity index (χ4n) is 4.41. The van der Waals surface area contributed by atoms with Crippen molar-refractivity contribution in [1.29, 1.82) is 0 Å². The Morgan fingerprint density at radius 3 is 2.69 bits per heavy atom. The Balaban J connectivity index is 1.54. The number of hydrogen-bond acceptors (Lipinski definition) is 3. The molecular weight excluding hydrogens is 442 g/mol. The Bertz CT molecular complexity index is 1200. The standard InChI is InChI=1S/C25H22ClN3O2S/c1-17-10-11-22-21(14-17)25(23(30)28(22)16-18-6-3-2-4-7-18)29(12-13-32-25)24(31)27-20-9-5-8-19(26)15-20/h2-11,14-15H,12-13,16H2,1H3,(H,27,31)/t25-/m0/s1. The number of hydrogen-bond donors (Lipinski definition) is 1. The molecule has 0 aliphatic carbocycles. The fraction of sp³-hybridized carbons (Fsp3) is 0.200. The van der Waals surface area contributed by atoms with Gasteiger partial charge in [-0.2, -0.15) is 0 Å². The average molecular weight is 464 g/mol. The molecule has 3 aromatic rings. The SMILES string of the molecule is Cc1ccc2c(c1)[C@]1(SCCN1C(=O)Nc1cccc(Cl)c1)C(=O)N2Cc1ccccc1. The third kappa shape index (κ3) is 3.44. The van der Waals surface area contributed by atoms with Gasteiger partial charge in [-0.1, -0.05) is 65.7 Å². The van der Waals surface area contributed by atoms with Gasteiger partial charge in [0.1, 0.15) is 0 Å². The lowest BCUT2D eigenvalue weighted by Crippen LogP contribution is -2.51. The second-order valence-corrected chi connectivity index (χ2v) is 9.71. The van der Waals surface area contributed by atoms with Gasteiger partial charge < -0.3 is 10.2 Å². The second-order valence-electron chi connectivity index (χ2n) is 7.98. The molecule has 2 aliphatic rings. The first-order valence-corrected chi connectivity index (χ1v) is 11.8. The van der Waals surface area contributed by atoms with Gasteiger partial charge in [-0.05, 0) is 36.8 Å². The predicted octanol–water partition coefficient (Wildman–Crippen LogP) is 5.63. The van der Waals surface area contributed by atoms with E-state index in [1.54, 1.807) is 29.2 Å². The third-order valence-corrected chi connectivity index (χ3v) is 7.51. The van der Waals surface area contributed by atoms with E-state index in [2.05, 4.69) is 5.32 Å². The number of nitrogens with zero attached hydrogens (tertiary/aromatic N) is 2. The number of carbonyl (C=O) groups excluding carboxylic acids is 2. The lowest BCUT2D eigenvalue weighted by atomic mass is 10.0. The molecule has 1 atom stereocenters. The number of amides is 3. The van der Waals surface area contributed by atoms with E-state index in [0.29, 0.717) is 29.6 Å². The average Bonchev–Trinajstić information content (AvgIpc) is 3.32. The number of aryl methyl sites for hydroxylation is 1. The van der Waals surface area contributed by atoms with Crippen molar-refractivity contribution in [2.75, 3.05) is 22.5 Å². The molecule has 2 heterocycles. The number of thioether (sulfide) groups is 1. The molecule has 162 valence electrons. The van der Waals surface area contributed by atoms with Crippen LogP contribution in [0.15, 0.2) is 72.8 Å². The summed E-state index contributed by atoms with van der Waals surface area (Å²) in [6.45, 7) is 2.95. The number of nitrogens with one attached hydrogen (secondary N) is 1. The van der Waals surface area contributed by atoms with E-state index < -0.39 is 4.87 Å². The first kappa shape index (κ1) is 20.9. The smallest absolute Gasteiger partial charge is 0.308 e. The van der Waals surface area contributed by atoms with Crippen molar-refractivity contribution >= 4 is 46.7 Å². The van der Waals surface area contributed by atoms with Crippen molar-refractivity contribution < 1.29 is 9.59 Å². The number of urea groups is 1. The molecule has 3 aromatic carbocycles. The fourth-order valence-corrected chi connectivity index (χ4v) is 6.05. The third-order valence-electron chi connectivity index (χ3n) is 5.85. The molecule has 1 spiro atoms. The molecule has 0 radical (unpaired) electrons. The van der Waals surface area contributed by atoms with Crippen molar-refractivity contribution in [3.05, 3.63) is 94.5 Å². The Morgan fingerprint density at radius 1 is 1.09 bits per heavy atom. The molecule has 7 heteroatoms. The molecule has 0 aromatic heterocycles. The highest BCUT2D eigenvalue weighted by Crippen LogP contribution is 2.54. The van der Waals surface area contributed by atoms with Crippen LogP contribution < -0.4 is 10.2 Å². The monoisotopic (exact) mass is 463 g/mol. The maximum absolute atomic E-state index is 14.0. The van der Waals surface area contributed by atoms with E-state index in [-0.39, 0.29) is 11.9 Å². The topological polar surface area (TPSA) is 52.7 Å². The van der Waals surface area contributed by atoms with Crippen LogP contribution in [-0.2, 0) is 16.2 Å². The van der Waals surface area contributed by atoms with Gasteiger partial charge in [-0.3, -0.25) is 9.69 Å². The number of benzene rings is 3. The summed E-state index contributed by atoms with van der Waals surface area (Å²) < 4.78 is 0. The van der Waals surface area contributed by atoms with E-state index in [4.69, 9.17) is 11.6 Å². The van der Waals surface area contributed by atoms with Crippen LogP contribution in [0.5, 0.6) is 0 Å². The van der Waals surface area contributed by atoms with Crippen LogP contribution in [0.1, 0.15) is 16.7 Å². The summed E-state index contributed by atoms with van der Waals surface area (Å²) in [5.74, 6) is 0.604. The van der Waals surface area contributed by atoms with Gasteiger partial charge in [-0.25, -0.2) is 4.79 Å². The molecule has 5 rings (SSSR count). The largest absolute Gasteiger partial charge is 0.323 e. The van der Waals surface area contributed by atoms with Gasteiger partial charge in [0.25, 0.3) is 5.91 Å².